The van der Waals surface area contributed by atoms with Crippen molar-refractivity contribution in [2.75, 3.05) is 18.4 Å². The summed E-state index contributed by atoms with van der Waals surface area (Å²) >= 11 is 0. The van der Waals surface area contributed by atoms with Crippen LogP contribution >= 0.6 is 0 Å². The molecule has 0 bridgehead atoms. The highest BCUT2D eigenvalue weighted by molar-refractivity contribution is 7.89. The minimum atomic E-state index is -4.07. The maximum atomic E-state index is 14.2. The van der Waals surface area contributed by atoms with Crippen molar-refractivity contribution in [1.29, 1.82) is 0 Å². The van der Waals surface area contributed by atoms with Gasteiger partial charge in [0.2, 0.25) is 10.0 Å². The van der Waals surface area contributed by atoms with E-state index in [-0.39, 0.29) is 42.6 Å². The first-order valence-electron chi connectivity index (χ1n) is 9.13. The number of anilines is 1. The molecule has 8 nitrogen and oxygen atoms in total. The van der Waals surface area contributed by atoms with Gasteiger partial charge in [-0.05, 0) is 43.2 Å². The van der Waals surface area contributed by atoms with Crippen LogP contribution in [0.2, 0.25) is 0 Å². The fourth-order valence-corrected chi connectivity index (χ4v) is 4.67. The van der Waals surface area contributed by atoms with Crippen LogP contribution in [0.4, 0.5) is 23.7 Å². The monoisotopic (exact) mass is 457 g/mol. The SMILES string of the molecule is O=C(O)NC1CCN(S(=O)(=O)c2ccc(F)c(C(=O)Nc3ccc(F)c(F)c3)c2)CC1. The van der Waals surface area contributed by atoms with Crippen LogP contribution in [-0.4, -0.2) is 49.0 Å². The Kier molecular flexibility index (Phi) is 6.51. The van der Waals surface area contributed by atoms with E-state index in [1.54, 1.807) is 0 Å². The molecule has 1 aliphatic heterocycles. The lowest BCUT2D eigenvalue weighted by atomic mass is 10.1. The van der Waals surface area contributed by atoms with Crippen LogP contribution in [0.1, 0.15) is 23.2 Å². The molecule has 0 aromatic heterocycles. The van der Waals surface area contributed by atoms with E-state index in [0.29, 0.717) is 6.07 Å². The normalized spacial score (nSPS) is 15.5. The van der Waals surface area contributed by atoms with Crippen LogP contribution in [0.25, 0.3) is 0 Å². The summed E-state index contributed by atoms with van der Waals surface area (Å²) in [5.74, 6) is -4.37. The van der Waals surface area contributed by atoms with Gasteiger partial charge in [-0.2, -0.15) is 4.31 Å². The molecule has 12 heteroatoms. The van der Waals surface area contributed by atoms with Gasteiger partial charge in [0.1, 0.15) is 5.82 Å². The van der Waals surface area contributed by atoms with Gasteiger partial charge in [-0.1, -0.05) is 0 Å². The molecule has 0 aliphatic carbocycles. The second-order valence-corrected chi connectivity index (χ2v) is 8.79. The predicted octanol–water partition coefficient (Wildman–Crippen LogP) is 2.78. The summed E-state index contributed by atoms with van der Waals surface area (Å²) < 4.78 is 67.4. The van der Waals surface area contributed by atoms with E-state index in [0.717, 1.165) is 34.6 Å². The van der Waals surface area contributed by atoms with E-state index in [9.17, 15) is 31.2 Å². The summed E-state index contributed by atoms with van der Waals surface area (Å²) in [5.41, 5.74) is -0.724. The highest BCUT2D eigenvalue weighted by atomic mass is 32.2. The van der Waals surface area contributed by atoms with E-state index >= 15 is 0 Å². The van der Waals surface area contributed by atoms with E-state index in [2.05, 4.69) is 10.6 Å². The smallest absolute Gasteiger partial charge is 0.404 e. The van der Waals surface area contributed by atoms with Crippen molar-refractivity contribution in [1.82, 2.24) is 9.62 Å². The fourth-order valence-electron chi connectivity index (χ4n) is 3.18. The number of rotatable bonds is 5. The summed E-state index contributed by atoms with van der Waals surface area (Å²) in [5, 5.41) is 13.2. The second-order valence-electron chi connectivity index (χ2n) is 6.85. The maximum Gasteiger partial charge on any atom is 0.404 e. The van der Waals surface area contributed by atoms with E-state index in [4.69, 9.17) is 5.11 Å². The van der Waals surface area contributed by atoms with Crippen LogP contribution in [-0.2, 0) is 10.0 Å². The molecule has 0 saturated carbocycles. The topological polar surface area (TPSA) is 116 Å². The molecule has 2 aromatic carbocycles. The summed E-state index contributed by atoms with van der Waals surface area (Å²) in [4.78, 5) is 22.8. The molecule has 0 atom stereocenters. The van der Waals surface area contributed by atoms with Crippen molar-refractivity contribution in [2.24, 2.45) is 0 Å². The maximum absolute atomic E-state index is 14.2. The number of carbonyl (C=O) groups is 2. The lowest BCUT2D eigenvalue weighted by Gasteiger charge is -2.31. The first-order valence-corrected chi connectivity index (χ1v) is 10.6. The molecule has 2 amide bonds. The van der Waals surface area contributed by atoms with Crippen LogP contribution in [0, 0.1) is 17.5 Å². The largest absolute Gasteiger partial charge is 0.465 e. The first kappa shape index (κ1) is 22.6. The number of hydrogen-bond donors (Lipinski definition) is 3. The van der Waals surface area contributed by atoms with Gasteiger partial charge in [0.15, 0.2) is 11.6 Å². The molecule has 0 radical (unpaired) electrons. The predicted molar refractivity (Wildman–Crippen MR) is 104 cm³/mol. The molecular weight excluding hydrogens is 439 g/mol. The Morgan fingerprint density at radius 2 is 1.61 bits per heavy atom. The molecule has 1 fully saturated rings. The molecule has 0 spiro atoms. The zero-order chi connectivity index (χ0) is 22.8. The van der Waals surface area contributed by atoms with Crippen molar-refractivity contribution < 1.29 is 36.3 Å². The molecule has 2 aromatic rings. The number of nitrogens with one attached hydrogen (secondary N) is 2. The zero-order valence-corrected chi connectivity index (χ0v) is 16.8. The Bertz CT molecular complexity index is 1120. The Hall–Kier alpha value is -3.12. The number of carboxylic acid groups (broad SMARTS) is 1. The van der Waals surface area contributed by atoms with Crippen molar-refractivity contribution in [2.45, 2.75) is 23.8 Å². The van der Waals surface area contributed by atoms with Gasteiger partial charge in [-0.15, -0.1) is 0 Å². The molecule has 1 aliphatic rings. The minimum Gasteiger partial charge on any atom is -0.465 e. The number of benzene rings is 2. The summed E-state index contributed by atoms with van der Waals surface area (Å²) in [6, 6.07) is 4.89. The number of amides is 2. The highest BCUT2D eigenvalue weighted by Crippen LogP contribution is 2.24. The average molecular weight is 457 g/mol. The van der Waals surface area contributed by atoms with Crippen molar-refractivity contribution in [3.8, 4) is 0 Å². The number of hydrogen-bond acceptors (Lipinski definition) is 4. The van der Waals surface area contributed by atoms with Crippen molar-refractivity contribution >= 4 is 27.7 Å². The van der Waals surface area contributed by atoms with Crippen molar-refractivity contribution in [3.63, 3.8) is 0 Å². The number of piperidine rings is 1. The molecule has 1 saturated heterocycles. The Morgan fingerprint density at radius 3 is 2.23 bits per heavy atom. The molecule has 31 heavy (non-hydrogen) atoms. The Balaban J connectivity index is 1.78. The Morgan fingerprint density at radius 1 is 0.968 bits per heavy atom. The van der Waals surface area contributed by atoms with Crippen LogP contribution in [0.15, 0.2) is 41.3 Å². The van der Waals surface area contributed by atoms with Gasteiger partial charge in [0.05, 0.1) is 10.5 Å². The molecule has 0 unspecified atom stereocenters. The second kappa shape index (κ2) is 8.94. The summed E-state index contributed by atoms with van der Waals surface area (Å²) in [6.45, 7) is 0.0854. The van der Waals surface area contributed by atoms with Crippen LogP contribution < -0.4 is 10.6 Å². The van der Waals surface area contributed by atoms with Gasteiger partial charge >= 0.3 is 6.09 Å². The van der Waals surface area contributed by atoms with Gasteiger partial charge in [-0.25, -0.2) is 26.4 Å². The van der Waals surface area contributed by atoms with Gasteiger partial charge in [0.25, 0.3) is 5.91 Å². The molecule has 3 N–H and O–H groups in total. The molecule has 3 rings (SSSR count). The van der Waals surface area contributed by atoms with E-state index in [1.807, 2.05) is 0 Å². The third-order valence-corrected chi connectivity index (χ3v) is 6.67. The van der Waals surface area contributed by atoms with Crippen LogP contribution in [0.3, 0.4) is 0 Å². The highest BCUT2D eigenvalue weighted by Gasteiger charge is 2.31. The third kappa shape index (κ3) is 5.14. The van der Waals surface area contributed by atoms with Gasteiger partial charge in [-0.3, -0.25) is 4.79 Å². The van der Waals surface area contributed by atoms with Crippen molar-refractivity contribution in [3.05, 3.63) is 59.4 Å². The standard InChI is InChI=1S/C19H18F3N3O5S/c20-15-4-2-13(31(29,30)25-7-5-11(6-8-25)24-19(27)28)10-14(15)18(26)23-12-1-3-16(21)17(22)9-12/h1-4,9-11,24H,5-8H2,(H,23,26)(H,27,28). The molecule has 1 heterocycles. The first-order chi connectivity index (χ1) is 14.6. The van der Waals surface area contributed by atoms with Gasteiger partial charge in [0, 0.05) is 30.9 Å². The summed E-state index contributed by atoms with van der Waals surface area (Å²) in [7, 11) is -4.07. The van der Waals surface area contributed by atoms with E-state index < -0.39 is 45.0 Å². The third-order valence-electron chi connectivity index (χ3n) is 4.78. The lowest BCUT2D eigenvalue weighted by molar-refractivity contribution is 0.102. The molecule has 166 valence electrons. The zero-order valence-electron chi connectivity index (χ0n) is 15.9. The quantitative estimate of drug-likeness (QED) is 0.639. The fraction of sp³-hybridized carbons (Fsp3) is 0.263. The number of halogens is 3. The van der Waals surface area contributed by atoms with Crippen LogP contribution in [0.5, 0.6) is 0 Å². The Labute approximate surface area is 175 Å². The number of sulfonamides is 1. The average Bonchev–Trinajstić information content (AvgIpc) is 2.71. The number of carbonyl (C=O) groups excluding carboxylic acids is 1. The summed E-state index contributed by atoms with van der Waals surface area (Å²) in [6.07, 6.45) is -0.677. The lowest BCUT2D eigenvalue weighted by Crippen LogP contribution is -2.46. The van der Waals surface area contributed by atoms with Gasteiger partial charge < -0.3 is 15.7 Å². The minimum absolute atomic E-state index is 0.0427. The molecular formula is C19H18F3N3O5S. The number of nitrogens with zero attached hydrogens (tertiary/aromatic N) is 1. The van der Waals surface area contributed by atoms with E-state index in [1.165, 1.54) is 0 Å².